The van der Waals surface area contributed by atoms with Gasteiger partial charge in [0.1, 0.15) is 0 Å². The maximum Gasteiger partial charge on any atom is 0.258 e. The van der Waals surface area contributed by atoms with E-state index in [1.165, 1.54) is 0 Å². The number of rotatable bonds is 6. The van der Waals surface area contributed by atoms with Gasteiger partial charge in [0.25, 0.3) is 5.91 Å². The van der Waals surface area contributed by atoms with E-state index < -0.39 is 12.0 Å². The second-order valence-electron chi connectivity index (χ2n) is 3.36. The molecular formula is C10H17N3O2. The van der Waals surface area contributed by atoms with Gasteiger partial charge in [0.2, 0.25) is 0 Å². The molecule has 0 saturated carbocycles. The van der Waals surface area contributed by atoms with Gasteiger partial charge >= 0.3 is 0 Å². The molecule has 0 aliphatic heterocycles. The number of aryl methyl sites for hydroxylation is 1. The first-order valence-electron chi connectivity index (χ1n) is 5.15. The highest BCUT2D eigenvalue weighted by Crippen LogP contribution is 2.12. The van der Waals surface area contributed by atoms with Gasteiger partial charge in [-0.25, -0.2) is 0 Å². The highest BCUT2D eigenvalue weighted by molar-refractivity contribution is 5.79. The lowest BCUT2D eigenvalue weighted by molar-refractivity contribution is -0.124. The van der Waals surface area contributed by atoms with Crippen molar-refractivity contribution in [3.05, 3.63) is 12.4 Å². The summed E-state index contributed by atoms with van der Waals surface area (Å²) in [5.41, 5.74) is 5.17. The van der Waals surface area contributed by atoms with E-state index in [4.69, 9.17) is 10.5 Å². The largest absolute Gasteiger partial charge is 0.477 e. The van der Waals surface area contributed by atoms with Crippen LogP contribution in [0.5, 0.6) is 5.75 Å². The average Bonchev–Trinajstić information content (AvgIpc) is 2.62. The van der Waals surface area contributed by atoms with E-state index in [1.807, 2.05) is 6.92 Å². The predicted octanol–water partition coefficient (Wildman–Crippen LogP) is 0.936. The third-order valence-electron chi connectivity index (χ3n) is 2.03. The molecule has 0 aliphatic rings. The van der Waals surface area contributed by atoms with Crippen molar-refractivity contribution in [2.45, 2.75) is 39.3 Å². The monoisotopic (exact) mass is 211 g/mol. The van der Waals surface area contributed by atoms with Crippen molar-refractivity contribution in [2.75, 3.05) is 0 Å². The molecule has 5 heteroatoms. The van der Waals surface area contributed by atoms with E-state index in [-0.39, 0.29) is 0 Å². The van der Waals surface area contributed by atoms with Crippen LogP contribution in [-0.4, -0.2) is 21.8 Å². The zero-order valence-electron chi connectivity index (χ0n) is 9.14. The minimum Gasteiger partial charge on any atom is -0.477 e. The number of aromatic nitrogens is 2. The SMILES string of the molecule is CCCn1cc(OC(CC)C(N)=O)cn1. The van der Waals surface area contributed by atoms with Gasteiger partial charge < -0.3 is 10.5 Å². The molecule has 0 saturated heterocycles. The molecule has 0 fully saturated rings. The summed E-state index contributed by atoms with van der Waals surface area (Å²) in [5.74, 6) is 0.148. The molecule has 1 amide bonds. The minimum absolute atomic E-state index is 0.444. The van der Waals surface area contributed by atoms with E-state index in [1.54, 1.807) is 17.1 Å². The molecule has 0 aliphatic carbocycles. The maximum absolute atomic E-state index is 10.9. The summed E-state index contributed by atoms with van der Waals surface area (Å²) in [6.07, 6.45) is 4.38. The fourth-order valence-electron chi connectivity index (χ4n) is 1.26. The Hall–Kier alpha value is -1.52. The highest BCUT2D eigenvalue weighted by Gasteiger charge is 2.15. The van der Waals surface area contributed by atoms with Gasteiger partial charge in [0.05, 0.1) is 12.4 Å². The van der Waals surface area contributed by atoms with Crippen LogP contribution in [0.2, 0.25) is 0 Å². The average molecular weight is 211 g/mol. The maximum atomic E-state index is 10.9. The molecule has 1 heterocycles. The third-order valence-corrected chi connectivity index (χ3v) is 2.03. The molecule has 1 rings (SSSR count). The molecule has 0 aromatic carbocycles. The van der Waals surface area contributed by atoms with Gasteiger partial charge in [0, 0.05) is 6.54 Å². The first kappa shape index (κ1) is 11.6. The fourth-order valence-corrected chi connectivity index (χ4v) is 1.26. The van der Waals surface area contributed by atoms with Gasteiger partial charge in [-0.05, 0) is 12.8 Å². The number of nitrogens with two attached hydrogens (primary N) is 1. The predicted molar refractivity (Wildman–Crippen MR) is 56.4 cm³/mol. The lowest BCUT2D eigenvalue weighted by Gasteiger charge is -2.11. The van der Waals surface area contributed by atoms with Crippen LogP contribution in [0.15, 0.2) is 12.4 Å². The summed E-state index contributed by atoms with van der Waals surface area (Å²) in [5, 5.41) is 4.09. The molecular weight excluding hydrogens is 194 g/mol. The minimum atomic E-state index is -0.565. The molecule has 1 aromatic heterocycles. The van der Waals surface area contributed by atoms with Crippen LogP contribution in [0.1, 0.15) is 26.7 Å². The molecule has 0 radical (unpaired) electrons. The second kappa shape index (κ2) is 5.38. The third kappa shape index (κ3) is 3.27. The number of ether oxygens (including phenoxy) is 1. The first-order chi connectivity index (χ1) is 7.17. The number of carbonyl (C=O) groups is 1. The van der Waals surface area contributed by atoms with Crippen LogP contribution in [0.4, 0.5) is 0 Å². The number of nitrogens with zero attached hydrogens (tertiary/aromatic N) is 2. The highest BCUT2D eigenvalue weighted by atomic mass is 16.5. The molecule has 84 valence electrons. The number of carbonyl (C=O) groups excluding carboxylic acids is 1. The number of hydrogen-bond acceptors (Lipinski definition) is 3. The Morgan fingerprint density at radius 3 is 2.93 bits per heavy atom. The van der Waals surface area contributed by atoms with Crippen molar-refractivity contribution in [1.82, 2.24) is 9.78 Å². The zero-order chi connectivity index (χ0) is 11.3. The molecule has 0 bridgehead atoms. The van der Waals surface area contributed by atoms with Gasteiger partial charge in [0.15, 0.2) is 11.9 Å². The number of hydrogen-bond donors (Lipinski definition) is 1. The van der Waals surface area contributed by atoms with Crippen molar-refractivity contribution >= 4 is 5.91 Å². The summed E-state index contributed by atoms with van der Waals surface area (Å²) in [6, 6.07) is 0. The Balaban J connectivity index is 2.59. The summed E-state index contributed by atoms with van der Waals surface area (Å²) in [4.78, 5) is 10.9. The van der Waals surface area contributed by atoms with Crippen LogP contribution in [0.3, 0.4) is 0 Å². The Kier molecular flexibility index (Phi) is 4.15. The van der Waals surface area contributed by atoms with Crippen molar-refractivity contribution in [3.63, 3.8) is 0 Å². The van der Waals surface area contributed by atoms with Crippen LogP contribution < -0.4 is 10.5 Å². The van der Waals surface area contributed by atoms with E-state index in [2.05, 4.69) is 12.0 Å². The van der Waals surface area contributed by atoms with Crippen LogP contribution >= 0.6 is 0 Å². The normalized spacial score (nSPS) is 12.4. The topological polar surface area (TPSA) is 70.1 Å². The smallest absolute Gasteiger partial charge is 0.258 e. The summed E-state index contributed by atoms with van der Waals surface area (Å²) in [6.45, 7) is 4.77. The van der Waals surface area contributed by atoms with E-state index in [9.17, 15) is 4.79 Å². The Morgan fingerprint density at radius 1 is 1.67 bits per heavy atom. The van der Waals surface area contributed by atoms with E-state index in [0.29, 0.717) is 12.2 Å². The summed E-state index contributed by atoms with van der Waals surface area (Å²) >= 11 is 0. The summed E-state index contributed by atoms with van der Waals surface area (Å²) < 4.78 is 7.17. The molecule has 1 aromatic rings. The van der Waals surface area contributed by atoms with Crippen molar-refractivity contribution in [3.8, 4) is 5.75 Å². The van der Waals surface area contributed by atoms with E-state index >= 15 is 0 Å². The van der Waals surface area contributed by atoms with Gasteiger partial charge in [-0.3, -0.25) is 9.48 Å². The number of primary amides is 1. The Morgan fingerprint density at radius 2 is 2.40 bits per heavy atom. The van der Waals surface area contributed by atoms with Crippen LogP contribution in [-0.2, 0) is 11.3 Å². The first-order valence-corrected chi connectivity index (χ1v) is 5.15. The van der Waals surface area contributed by atoms with Gasteiger partial charge in [-0.2, -0.15) is 5.10 Å². The molecule has 0 spiro atoms. The molecule has 2 N–H and O–H groups in total. The van der Waals surface area contributed by atoms with Crippen molar-refractivity contribution in [1.29, 1.82) is 0 Å². The standard InChI is InChI=1S/C10H17N3O2/c1-3-5-13-7-8(6-12-13)15-9(4-2)10(11)14/h6-7,9H,3-5H2,1-2H3,(H2,11,14). The molecule has 1 unspecified atom stereocenters. The zero-order valence-corrected chi connectivity index (χ0v) is 9.14. The lowest BCUT2D eigenvalue weighted by Crippen LogP contribution is -2.32. The van der Waals surface area contributed by atoms with Crippen molar-refractivity contribution in [2.24, 2.45) is 5.73 Å². The lowest BCUT2D eigenvalue weighted by atomic mass is 10.3. The van der Waals surface area contributed by atoms with Crippen LogP contribution in [0.25, 0.3) is 0 Å². The molecule has 1 atom stereocenters. The molecule has 15 heavy (non-hydrogen) atoms. The molecule has 5 nitrogen and oxygen atoms in total. The van der Waals surface area contributed by atoms with Gasteiger partial charge in [-0.1, -0.05) is 13.8 Å². The Bertz CT molecular complexity index is 322. The number of amides is 1. The van der Waals surface area contributed by atoms with Crippen LogP contribution in [0, 0.1) is 0 Å². The summed E-state index contributed by atoms with van der Waals surface area (Å²) in [7, 11) is 0. The van der Waals surface area contributed by atoms with E-state index in [0.717, 1.165) is 13.0 Å². The van der Waals surface area contributed by atoms with Crippen molar-refractivity contribution < 1.29 is 9.53 Å². The quantitative estimate of drug-likeness (QED) is 0.761. The van der Waals surface area contributed by atoms with Gasteiger partial charge in [-0.15, -0.1) is 0 Å². The Labute approximate surface area is 89.2 Å². The fraction of sp³-hybridized carbons (Fsp3) is 0.600. The second-order valence-corrected chi connectivity index (χ2v) is 3.36.